The standard InChI is InChI=1S/C20H19N5O2S/c1-11(13-6-18(26)21-8-13)27-20-19-16(22-9-25(19)2)7-14(24-20)12-3-4-17-15(5-12)23-10-28-17/h3-5,7,9-11,13H,6,8H2,1-2H3,(H,21,26)/t11?,13-/m1/s1. The predicted molar refractivity (Wildman–Crippen MR) is 108 cm³/mol. The lowest BCUT2D eigenvalue weighted by Crippen LogP contribution is -2.26. The van der Waals surface area contributed by atoms with Crippen molar-refractivity contribution in [1.29, 1.82) is 0 Å². The van der Waals surface area contributed by atoms with Crippen molar-refractivity contribution in [3.8, 4) is 17.1 Å². The average molecular weight is 393 g/mol. The Morgan fingerprint density at radius 3 is 3.00 bits per heavy atom. The molecule has 1 fully saturated rings. The summed E-state index contributed by atoms with van der Waals surface area (Å²) in [5.74, 6) is 0.745. The van der Waals surface area contributed by atoms with Crippen molar-refractivity contribution in [2.45, 2.75) is 19.4 Å². The molecule has 0 radical (unpaired) electrons. The second kappa shape index (κ2) is 6.56. The molecule has 7 nitrogen and oxygen atoms in total. The Kier molecular flexibility index (Phi) is 4.01. The molecule has 1 N–H and O–H groups in total. The molecule has 0 spiro atoms. The number of imidazole rings is 1. The lowest BCUT2D eigenvalue weighted by Gasteiger charge is -2.20. The maximum Gasteiger partial charge on any atom is 0.241 e. The van der Waals surface area contributed by atoms with E-state index in [0.717, 1.165) is 32.5 Å². The number of carbonyl (C=O) groups excluding carboxylic acids is 1. The molecule has 142 valence electrons. The molecule has 28 heavy (non-hydrogen) atoms. The van der Waals surface area contributed by atoms with Crippen molar-refractivity contribution >= 4 is 38.5 Å². The van der Waals surface area contributed by atoms with Gasteiger partial charge in [-0.3, -0.25) is 4.79 Å². The van der Waals surface area contributed by atoms with Crippen molar-refractivity contribution in [1.82, 2.24) is 24.8 Å². The maximum atomic E-state index is 11.6. The summed E-state index contributed by atoms with van der Waals surface area (Å²) in [6.07, 6.45) is 2.11. The quantitative estimate of drug-likeness (QED) is 0.576. The van der Waals surface area contributed by atoms with Crippen molar-refractivity contribution in [2.24, 2.45) is 13.0 Å². The second-order valence-corrected chi connectivity index (χ2v) is 8.05. The summed E-state index contributed by atoms with van der Waals surface area (Å²) >= 11 is 1.62. The zero-order valence-electron chi connectivity index (χ0n) is 15.5. The van der Waals surface area contributed by atoms with Gasteiger partial charge in [0, 0.05) is 31.5 Å². The molecule has 0 bridgehead atoms. The topological polar surface area (TPSA) is 81.9 Å². The van der Waals surface area contributed by atoms with Crippen LogP contribution in [0.5, 0.6) is 5.88 Å². The van der Waals surface area contributed by atoms with E-state index in [0.29, 0.717) is 18.8 Å². The van der Waals surface area contributed by atoms with E-state index in [1.165, 1.54) is 0 Å². The number of ether oxygens (including phenoxy) is 1. The lowest BCUT2D eigenvalue weighted by molar-refractivity contribution is -0.119. The molecule has 4 heterocycles. The smallest absolute Gasteiger partial charge is 0.241 e. The van der Waals surface area contributed by atoms with Crippen LogP contribution < -0.4 is 10.1 Å². The summed E-state index contributed by atoms with van der Waals surface area (Å²) in [6.45, 7) is 2.62. The van der Waals surface area contributed by atoms with Crippen LogP contribution in [0.15, 0.2) is 36.1 Å². The van der Waals surface area contributed by atoms with Gasteiger partial charge in [-0.15, -0.1) is 11.3 Å². The summed E-state index contributed by atoms with van der Waals surface area (Å²) in [6, 6.07) is 8.12. The monoisotopic (exact) mass is 393 g/mol. The van der Waals surface area contributed by atoms with Crippen molar-refractivity contribution in [2.75, 3.05) is 6.54 Å². The molecule has 3 aromatic heterocycles. The van der Waals surface area contributed by atoms with Gasteiger partial charge in [-0.2, -0.15) is 0 Å². The van der Waals surface area contributed by atoms with Gasteiger partial charge in [0.15, 0.2) is 0 Å². The van der Waals surface area contributed by atoms with Crippen LogP contribution in [0.3, 0.4) is 0 Å². The summed E-state index contributed by atoms with van der Waals surface area (Å²) in [5, 5.41) is 2.87. The number of pyridine rings is 1. The third-order valence-electron chi connectivity index (χ3n) is 5.26. The molecule has 1 aliphatic rings. The number of carbonyl (C=O) groups is 1. The normalized spacial score (nSPS) is 17.9. The Labute approximate surface area is 165 Å². The van der Waals surface area contributed by atoms with Crippen LogP contribution in [0.25, 0.3) is 32.5 Å². The van der Waals surface area contributed by atoms with Crippen molar-refractivity contribution in [3.63, 3.8) is 0 Å². The number of hydrogen-bond donors (Lipinski definition) is 1. The molecule has 1 amide bonds. The first-order valence-electron chi connectivity index (χ1n) is 9.17. The van der Waals surface area contributed by atoms with E-state index in [-0.39, 0.29) is 17.9 Å². The van der Waals surface area contributed by atoms with Gasteiger partial charge in [-0.05, 0) is 25.1 Å². The summed E-state index contributed by atoms with van der Waals surface area (Å²) in [4.78, 5) is 25.3. The molecule has 1 aliphatic heterocycles. The molecule has 0 saturated carbocycles. The van der Waals surface area contributed by atoms with E-state index in [9.17, 15) is 4.79 Å². The fourth-order valence-corrected chi connectivity index (χ4v) is 4.28. The van der Waals surface area contributed by atoms with Gasteiger partial charge in [0.25, 0.3) is 0 Å². The highest BCUT2D eigenvalue weighted by Crippen LogP contribution is 2.32. The number of nitrogens with zero attached hydrogens (tertiary/aromatic N) is 4. The van der Waals surface area contributed by atoms with Crippen LogP contribution in [0, 0.1) is 5.92 Å². The molecular formula is C20H19N5O2S. The number of fused-ring (bicyclic) bond motifs is 2. The molecule has 0 aliphatic carbocycles. The molecular weight excluding hydrogens is 374 g/mol. The summed E-state index contributed by atoms with van der Waals surface area (Å²) in [7, 11) is 1.93. The van der Waals surface area contributed by atoms with Gasteiger partial charge in [0.05, 0.1) is 33.3 Å². The van der Waals surface area contributed by atoms with E-state index in [1.807, 2.05) is 42.2 Å². The van der Waals surface area contributed by atoms with Crippen LogP contribution in [-0.4, -0.2) is 38.1 Å². The minimum atomic E-state index is -0.138. The Hall–Kier alpha value is -3.00. The first-order valence-corrected chi connectivity index (χ1v) is 10.1. The predicted octanol–water partition coefficient (Wildman–Crippen LogP) is 3.15. The molecule has 8 heteroatoms. The van der Waals surface area contributed by atoms with Crippen LogP contribution in [-0.2, 0) is 11.8 Å². The average Bonchev–Trinajstić information content (AvgIpc) is 3.41. The zero-order chi connectivity index (χ0) is 19.3. The highest BCUT2D eigenvalue weighted by atomic mass is 32.1. The summed E-state index contributed by atoms with van der Waals surface area (Å²) < 4.78 is 9.31. The number of aryl methyl sites for hydroxylation is 1. The zero-order valence-corrected chi connectivity index (χ0v) is 16.4. The van der Waals surface area contributed by atoms with E-state index >= 15 is 0 Å². The molecule has 5 rings (SSSR count). The minimum absolute atomic E-state index is 0.0735. The number of aromatic nitrogens is 4. The van der Waals surface area contributed by atoms with Gasteiger partial charge in [-0.1, -0.05) is 6.07 Å². The van der Waals surface area contributed by atoms with Crippen LogP contribution in [0.4, 0.5) is 0 Å². The number of rotatable bonds is 4. The minimum Gasteiger partial charge on any atom is -0.473 e. The Bertz CT molecular complexity index is 1200. The van der Waals surface area contributed by atoms with E-state index in [4.69, 9.17) is 9.72 Å². The van der Waals surface area contributed by atoms with Crippen LogP contribution in [0.1, 0.15) is 13.3 Å². The van der Waals surface area contributed by atoms with Gasteiger partial charge in [0.1, 0.15) is 11.6 Å². The first-order chi connectivity index (χ1) is 13.6. The Balaban J connectivity index is 1.57. The van der Waals surface area contributed by atoms with E-state index in [1.54, 1.807) is 17.7 Å². The highest BCUT2D eigenvalue weighted by Gasteiger charge is 2.29. The number of benzene rings is 1. The number of amides is 1. The van der Waals surface area contributed by atoms with E-state index < -0.39 is 0 Å². The number of thiazole rings is 1. The van der Waals surface area contributed by atoms with Gasteiger partial charge < -0.3 is 14.6 Å². The Morgan fingerprint density at radius 2 is 2.18 bits per heavy atom. The third kappa shape index (κ3) is 2.90. The van der Waals surface area contributed by atoms with Gasteiger partial charge in [-0.25, -0.2) is 15.0 Å². The fourth-order valence-electron chi connectivity index (χ4n) is 3.62. The SMILES string of the molecule is CC(Oc1nc(-c2ccc3scnc3c2)cc2ncn(C)c12)[C@H]1CNC(=O)C1. The van der Waals surface area contributed by atoms with Gasteiger partial charge in [0.2, 0.25) is 11.8 Å². The van der Waals surface area contributed by atoms with Crippen molar-refractivity contribution < 1.29 is 9.53 Å². The molecule has 1 saturated heterocycles. The molecule has 1 aromatic carbocycles. The molecule has 4 aromatic rings. The third-order valence-corrected chi connectivity index (χ3v) is 6.07. The van der Waals surface area contributed by atoms with Gasteiger partial charge >= 0.3 is 0 Å². The lowest BCUT2D eigenvalue weighted by atomic mass is 10.0. The highest BCUT2D eigenvalue weighted by molar-refractivity contribution is 7.16. The molecule has 1 unspecified atom stereocenters. The second-order valence-electron chi connectivity index (χ2n) is 7.16. The molecule has 2 atom stereocenters. The fraction of sp³-hybridized carbons (Fsp3) is 0.300. The van der Waals surface area contributed by atoms with Crippen LogP contribution in [0.2, 0.25) is 0 Å². The van der Waals surface area contributed by atoms with E-state index in [2.05, 4.69) is 21.4 Å². The summed E-state index contributed by atoms with van der Waals surface area (Å²) in [5.41, 5.74) is 6.25. The first kappa shape index (κ1) is 17.1. The largest absolute Gasteiger partial charge is 0.473 e. The van der Waals surface area contributed by atoms with Crippen LogP contribution >= 0.6 is 11.3 Å². The number of nitrogens with one attached hydrogen (secondary N) is 1. The van der Waals surface area contributed by atoms with Crippen molar-refractivity contribution in [3.05, 3.63) is 36.1 Å². The number of hydrogen-bond acceptors (Lipinski definition) is 6. The maximum absolute atomic E-state index is 11.6. The Morgan fingerprint density at radius 1 is 1.29 bits per heavy atom.